The first-order valence-electron chi connectivity index (χ1n) is 4.67. The molecule has 3 heteroatoms. The minimum absolute atomic E-state index is 0.378. The number of ether oxygens (including phenoxy) is 2. The molecule has 1 aromatic heterocycles. The summed E-state index contributed by atoms with van der Waals surface area (Å²) in [5, 5.41) is 0. The number of furan rings is 1. The lowest BCUT2D eigenvalue weighted by Gasteiger charge is -1.99. The topological polar surface area (TPSA) is 34.9 Å². The first-order valence-corrected chi connectivity index (χ1v) is 4.67. The minimum atomic E-state index is 0.378. The van der Waals surface area contributed by atoms with Crippen LogP contribution in [0.2, 0.25) is 0 Å². The Morgan fingerprint density at radius 1 is 1.54 bits per heavy atom. The van der Waals surface area contributed by atoms with Gasteiger partial charge in [0.2, 0.25) is 0 Å². The second-order valence-electron chi connectivity index (χ2n) is 3.21. The van der Waals surface area contributed by atoms with Crippen LogP contribution in [0.15, 0.2) is 22.8 Å². The standard InChI is InChI=1S/C10H14O3/c1(3-9-4-2-6-12-9)5-11-7-10-8-13-10/h2,4,6,10H,1,3,5,7-8H2. The first-order chi connectivity index (χ1) is 6.45. The Labute approximate surface area is 77.6 Å². The van der Waals surface area contributed by atoms with Gasteiger partial charge in [0.15, 0.2) is 0 Å². The fourth-order valence-corrected chi connectivity index (χ4v) is 1.18. The van der Waals surface area contributed by atoms with Gasteiger partial charge in [-0.2, -0.15) is 0 Å². The van der Waals surface area contributed by atoms with Crippen LogP contribution in [0.1, 0.15) is 12.2 Å². The van der Waals surface area contributed by atoms with E-state index in [2.05, 4.69) is 0 Å². The number of hydrogen-bond acceptors (Lipinski definition) is 3. The molecule has 3 nitrogen and oxygen atoms in total. The monoisotopic (exact) mass is 182 g/mol. The van der Waals surface area contributed by atoms with Gasteiger partial charge < -0.3 is 13.9 Å². The summed E-state index contributed by atoms with van der Waals surface area (Å²) in [6.45, 7) is 2.41. The van der Waals surface area contributed by atoms with Gasteiger partial charge >= 0.3 is 0 Å². The van der Waals surface area contributed by atoms with Crippen LogP contribution in [0.25, 0.3) is 0 Å². The third kappa shape index (κ3) is 3.20. The molecule has 0 spiro atoms. The summed E-state index contributed by atoms with van der Waals surface area (Å²) in [4.78, 5) is 0. The molecule has 1 aromatic rings. The van der Waals surface area contributed by atoms with Crippen molar-refractivity contribution in [1.82, 2.24) is 0 Å². The Kier molecular flexibility index (Phi) is 3.00. The number of aryl methyl sites for hydroxylation is 1. The average molecular weight is 182 g/mol. The van der Waals surface area contributed by atoms with Crippen molar-refractivity contribution in [3.05, 3.63) is 24.2 Å². The smallest absolute Gasteiger partial charge is 0.104 e. The van der Waals surface area contributed by atoms with Crippen LogP contribution in [0.3, 0.4) is 0 Å². The molecule has 1 atom stereocenters. The molecule has 13 heavy (non-hydrogen) atoms. The lowest BCUT2D eigenvalue weighted by atomic mass is 10.2. The highest BCUT2D eigenvalue weighted by Crippen LogP contribution is 2.09. The average Bonchev–Trinajstić information content (AvgIpc) is 2.81. The van der Waals surface area contributed by atoms with Gasteiger partial charge in [0.1, 0.15) is 11.9 Å². The second-order valence-corrected chi connectivity index (χ2v) is 3.21. The van der Waals surface area contributed by atoms with Crippen molar-refractivity contribution in [2.75, 3.05) is 19.8 Å². The van der Waals surface area contributed by atoms with Crippen LogP contribution in [-0.4, -0.2) is 25.9 Å². The molecule has 1 aliphatic heterocycles. The predicted octanol–water partition coefficient (Wildman–Crippen LogP) is 1.63. The van der Waals surface area contributed by atoms with Crippen LogP contribution < -0.4 is 0 Å². The Morgan fingerprint density at radius 2 is 2.46 bits per heavy atom. The molecular formula is C10H14O3. The zero-order valence-corrected chi connectivity index (χ0v) is 7.57. The highest BCUT2D eigenvalue weighted by Gasteiger charge is 2.21. The number of hydrogen-bond donors (Lipinski definition) is 0. The van der Waals surface area contributed by atoms with Gasteiger partial charge in [-0.3, -0.25) is 0 Å². The van der Waals surface area contributed by atoms with E-state index in [0.29, 0.717) is 6.10 Å². The summed E-state index contributed by atoms with van der Waals surface area (Å²) in [5.41, 5.74) is 0. The molecule has 0 saturated carbocycles. The Balaban J connectivity index is 1.48. The fourth-order valence-electron chi connectivity index (χ4n) is 1.18. The minimum Gasteiger partial charge on any atom is -0.469 e. The molecule has 0 amide bonds. The lowest BCUT2D eigenvalue weighted by Crippen LogP contribution is -2.03. The SMILES string of the molecule is c1coc(CCCOCC2CO2)c1. The molecule has 0 N–H and O–H groups in total. The van der Waals surface area contributed by atoms with E-state index in [9.17, 15) is 0 Å². The van der Waals surface area contributed by atoms with Crippen LogP contribution >= 0.6 is 0 Å². The number of rotatable bonds is 6. The maximum absolute atomic E-state index is 5.39. The van der Waals surface area contributed by atoms with E-state index in [1.165, 1.54) is 0 Å². The third-order valence-corrected chi connectivity index (χ3v) is 2.00. The highest BCUT2D eigenvalue weighted by atomic mass is 16.6. The van der Waals surface area contributed by atoms with E-state index in [-0.39, 0.29) is 0 Å². The van der Waals surface area contributed by atoms with E-state index in [1.807, 2.05) is 12.1 Å². The molecule has 0 radical (unpaired) electrons. The van der Waals surface area contributed by atoms with Crippen LogP contribution in [-0.2, 0) is 15.9 Å². The zero-order valence-electron chi connectivity index (χ0n) is 7.57. The van der Waals surface area contributed by atoms with Gasteiger partial charge in [0.05, 0.1) is 19.5 Å². The largest absolute Gasteiger partial charge is 0.469 e. The Morgan fingerprint density at radius 3 is 3.15 bits per heavy atom. The van der Waals surface area contributed by atoms with Crippen molar-refractivity contribution in [3.63, 3.8) is 0 Å². The first kappa shape index (κ1) is 8.78. The van der Waals surface area contributed by atoms with Crippen molar-refractivity contribution in [2.24, 2.45) is 0 Å². The molecule has 0 aromatic carbocycles. The number of epoxide rings is 1. The molecule has 0 aliphatic carbocycles. The van der Waals surface area contributed by atoms with E-state index >= 15 is 0 Å². The molecule has 2 heterocycles. The van der Waals surface area contributed by atoms with Crippen molar-refractivity contribution in [2.45, 2.75) is 18.9 Å². The van der Waals surface area contributed by atoms with Crippen LogP contribution in [0.4, 0.5) is 0 Å². The normalized spacial score (nSPS) is 20.5. The van der Waals surface area contributed by atoms with Gasteiger partial charge in [-0.05, 0) is 18.6 Å². The molecule has 1 aliphatic rings. The second kappa shape index (κ2) is 4.44. The Hall–Kier alpha value is -0.800. The van der Waals surface area contributed by atoms with Crippen molar-refractivity contribution in [1.29, 1.82) is 0 Å². The third-order valence-electron chi connectivity index (χ3n) is 2.00. The van der Waals surface area contributed by atoms with Crippen molar-refractivity contribution >= 4 is 0 Å². The van der Waals surface area contributed by atoms with Gasteiger partial charge in [-0.15, -0.1) is 0 Å². The fraction of sp³-hybridized carbons (Fsp3) is 0.600. The van der Waals surface area contributed by atoms with Gasteiger partial charge in [0.25, 0.3) is 0 Å². The summed E-state index contributed by atoms with van der Waals surface area (Å²) in [5.74, 6) is 1.03. The summed E-state index contributed by atoms with van der Waals surface area (Å²) in [6, 6.07) is 3.90. The maximum Gasteiger partial charge on any atom is 0.104 e. The molecule has 0 bridgehead atoms. The predicted molar refractivity (Wildman–Crippen MR) is 47.6 cm³/mol. The van der Waals surface area contributed by atoms with Crippen molar-refractivity contribution < 1.29 is 13.9 Å². The summed E-state index contributed by atoms with van der Waals surface area (Å²) in [6.07, 6.45) is 4.05. The highest BCUT2D eigenvalue weighted by molar-refractivity contribution is 4.97. The van der Waals surface area contributed by atoms with E-state index in [0.717, 1.165) is 38.4 Å². The van der Waals surface area contributed by atoms with E-state index < -0.39 is 0 Å². The zero-order chi connectivity index (χ0) is 8.93. The molecule has 1 saturated heterocycles. The molecule has 1 unspecified atom stereocenters. The Bertz CT molecular complexity index is 226. The quantitative estimate of drug-likeness (QED) is 0.495. The van der Waals surface area contributed by atoms with Crippen LogP contribution in [0, 0.1) is 0 Å². The van der Waals surface area contributed by atoms with Crippen molar-refractivity contribution in [3.8, 4) is 0 Å². The molecular weight excluding hydrogens is 168 g/mol. The van der Waals surface area contributed by atoms with Gasteiger partial charge in [0, 0.05) is 13.0 Å². The maximum atomic E-state index is 5.39. The summed E-state index contributed by atoms with van der Waals surface area (Å²) >= 11 is 0. The summed E-state index contributed by atoms with van der Waals surface area (Å²) < 4.78 is 15.6. The molecule has 1 fully saturated rings. The molecule has 72 valence electrons. The summed E-state index contributed by atoms with van der Waals surface area (Å²) in [7, 11) is 0. The lowest BCUT2D eigenvalue weighted by molar-refractivity contribution is 0.114. The van der Waals surface area contributed by atoms with E-state index in [4.69, 9.17) is 13.9 Å². The van der Waals surface area contributed by atoms with E-state index in [1.54, 1.807) is 6.26 Å². The van der Waals surface area contributed by atoms with Gasteiger partial charge in [-0.1, -0.05) is 0 Å². The van der Waals surface area contributed by atoms with Gasteiger partial charge in [-0.25, -0.2) is 0 Å². The van der Waals surface area contributed by atoms with Crippen LogP contribution in [0.5, 0.6) is 0 Å². The molecule has 2 rings (SSSR count).